The van der Waals surface area contributed by atoms with Crippen LogP contribution in [0.3, 0.4) is 0 Å². The molecular weight excluding hydrogens is 378 g/mol. The average Bonchev–Trinajstić information content (AvgIpc) is 2.61. The molecule has 0 radical (unpaired) electrons. The predicted octanol–water partition coefficient (Wildman–Crippen LogP) is 4.73. The Hall–Kier alpha value is -2.27. The smallest absolute Gasteiger partial charge is 0.267 e. The Balaban J connectivity index is 2.12. The number of nitrogens with zero attached hydrogens (tertiary/aromatic N) is 3. The number of hydrogen-bond donors (Lipinski definition) is 0. The molecular formula is C20H20BrN3O. The van der Waals surface area contributed by atoms with Crippen molar-refractivity contribution in [2.75, 3.05) is 0 Å². The lowest BCUT2D eigenvalue weighted by atomic mass is 10.1. The van der Waals surface area contributed by atoms with E-state index in [0.29, 0.717) is 16.7 Å². The van der Waals surface area contributed by atoms with Gasteiger partial charge in [-0.25, -0.2) is 4.98 Å². The number of benzene rings is 2. The highest BCUT2D eigenvalue weighted by Gasteiger charge is 2.13. The molecule has 0 spiro atoms. The lowest BCUT2D eigenvalue weighted by molar-refractivity contribution is 0.665. The van der Waals surface area contributed by atoms with Crippen molar-refractivity contribution in [1.82, 2.24) is 9.66 Å². The van der Waals surface area contributed by atoms with Gasteiger partial charge in [0.25, 0.3) is 5.56 Å². The monoisotopic (exact) mass is 397 g/mol. The van der Waals surface area contributed by atoms with E-state index in [1.54, 1.807) is 12.3 Å². The first-order chi connectivity index (χ1) is 12.0. The second-order valence-electron chi connectivity index (χ2n) is 6.24. The Morgan fingerprint density at radius 1 is 1.20 bits per heavy atom. The molecule has 1 aromatic heterocycles. The van der Waals surface area contributed by atoms with Gasteiger partial charge in [0, 0.05) is 10.4 Å². The SMILES string of the molecule is CCc1ccc(C=Nn2c(C(C)C)nc3ccc(Br)cc3c2=O)cc1. The van der Waals surface area contributed by atoms with Crippen LogP contribution in [0.25, 0.3) is 10.9 Å². The summed E-state index contributed by atoms with van der Waals surface area (Å²) in [5.41, 5.74) is 2.76. The fourth-order valence-corrected chi connectivity index (χ4v) is 2.98. The van der Waals surface area contributed by atoms with Crippen molar-refractivity contribution in [3.05, 3.63) is 74.2 Å². The molecule has 0 fully saturated rings. The van der Waals surface area contributed by atoms with Gasteiger partial charge in [-0.3, -0.25) is 4.79 Å². The van der Waals surface area contributed by atoms with Crippen LogP contribution < -0.4 is 5.56 Å². The van der Waals surface area contributed by atoms with E-state index < -0.39 is 0 Å². The summed E-state index contributed by atoms with van der Waals surface area (Å²) < 4.78 is 2.26. The van der Waals surface area contributed by atoms with Crippen molar-refractivity contribution in [2.24, 2.45) is 5.10 Å². The van der Waals surface area contributed by atoms with Gasteiger partial charge in [-0.2, -0.15) is 9.78 Å². The summed E-state index contributed by atoms with van der Waals surface area (Å²) in [5, 5.41) is 4.99. The standard InChI is InChI=1S/C20H20BrN3O/c1-4-14-5-7-15(8-6-14)12-22-24-19(13(2)3)23-18-10-9-16(21)11-17(18)20(24)25/h5-13H,4H2,1-3H3. The minimum absolute atomic E-state index is 0.0837. The van der Waals surface area contributed by atoms with Crippen molar-refractivity contribution in [2.45, 2.75) is 33.1 Å². The van der Waals surface area contributed by atoms with Crippen LogP contribution in [0.4, 0.5) is 0 Å². The van der Waals surface area contributed by atoms with Gasteiger partial charge >= 0.3 is 0 Å². The zero-order valence-electron chi connectivity index (χ0n) is 14.5. The summed E-state index contributed by atoms with van der Waals surface area (Å²) in [6, 6.07) is 13.7. The maximum atomic E-state index is 12.9. The van der Waals surface area contributed by atoms with Crippen molar-refractivity contribution in [3.63, 3.8) is 0 Å². The molecule has 0 N–H and O–H groups in total. The largest absolute Gasteiger partial charge is 0.282 e. The zero-order chi connectivity index (χ0) is 18.0. The molecule has 0 saturated heterocycles. The molecule has 2 aromatic carbocycles. The van der Waals surface area contributed by atoms with Crippen LogP contribution in [0.5, 0.6) is 0 Å². The molecule has 0 aliphatic heterocycles. The minimum Gasteiger partial charge on any atom is -0.267 e. The number of rotatable bonds is 4. The van der Waals surface area contributed by atoms with Crippen LogP contribution in [0.2, 0.25) is 0 Å². The molecule has 3 rings (SSSR count). The quantitative estimate of drug-likeness (QED) is 0.597. The highest BCUT2D eigenvalue weighted by molar-refractivity contribution is 9.10. The van der Waals surface area contributed by atoms with Gasteiger partial charge in [0.15, 0.2) is 0 Å². The zero-order valence-corrected chi connectivity index (χ0v) is 16.1. The van der Waals surface area contributed by atoms with E-state index in [-0.39, 0.29) is 11.5 Å². The molecule has 4 nitrogen and oxygen atoms in total. The van der Waals surface area contributed by atoms with Crippen LogP contribution in [-0.2, 0) is 6.42 Å². The van der Waals surface area contributed by atoms with E-state index in [9.17, 15) is 4.79 Å². The van der Waals surface area contributed by atoms with Crippen molar-refractivity contribution in [3.8, 4) is 0 Å². The van der Waals surface area contributed by atoms with E-state index in [2.05, 4.69) is 45.1 Å². The number of aromatic nitrogens is 2. The molecule has 0 aliphatic carbocycles. The van der Waals surface area contributed by atoms with Crippen molar-refractivity contribution >= 4 is 33.0 Å². The van der Waals surface area contributed by atoms with Gasteiger partial charge in [0.2, 0.25) is 0 Å². The van der Waals surface area contributed by atoms with Gasteiger partial charge in [0.05, 0.1) is 17.1 Å². The lowest BCUT2D eigenvalue weighted by Crippen LogP contribution is -2.23. The molecule has 3 aromatic rings. The Morgan fingerprint density at radius 3 is 2.56 bits per heavy atom. The second kappa shape index (κ2) is 7.31. The van der Waals surface area contributed by atoms with E-state index in [1.165, 1.54) is 10.2 Å². The second-order valence-corrected chi connectivity index (χ2v) is 7.16. The van der Waals surface area contributed by atoms with E-state index in [4.69, 9.17) is 0 Å². The minimum atomic E-state index is -0.156. The predicted molar refractivity (Wildman–Crippen MR) is 107 cm³/mol. The number of fused-ring (bicyclic) bond motifs is 1. The maximum absolute atomic E-state index is 12.9. The van der Waals surface area contributed by atoms with Crippen LogP contribution in [-0.4, -0.2) is 15.9 Å². The van der Waals surface area contributed by atoms with Gasteiger partial charge < -0.3 is 0 Å². The molecule has 25 heavy (non-hydrogen) atoms. The lowest BCUT2D eigenvalue weighted by Gasteiger charge is -2.11. The van der Waals surface area contributed by atoms with Crippen LogP contribution in [0.1, 0.15) is 43.6 Å². The highest BCUT2D eigenvalue weighted by Crippen LogP contribution is 2.18. The molecule has 0 aliphatic rings. The van der Waals surface area contributed by atoms with E-state index in [1.807, 2.05) is 38.1 Å². The number of aryl methyl sites for hydroxylation is 1. The molecule has 0 saturated carbocycles. The first kappa shape index (κ1) is 17.5. The Labute approximate surface area is 155 Å². The Bertz CT molecular complexity index is 988. The summed E-state index contributed by atoms with van der Waals surface area (Å²) in [6.45, 7) is 6.14. The first-order valence-electron chi connectivity index (χ1n) is 8.35. The van der Waals surface area contributed by atoms with Crippen LogP contribution in [0.15, 0.2) is 56.8 Å². The van der Waals surface area contributed by atoms with Gasteiger partial charge in [-0.1, -0.05) is 61.0 Å². The summed E-state index contributed by atoms with van der Waals surface area (Å²) in [5.74, 6) is 0.738. The fraction of sp³-hybridized carbons (Fsp3) is 0.250. The number of halogens is 1. The van der Waals surface area contributed by atoms with Crippen LogP contribution in [0, 0.1) is 0 Å². The third-order valence-corrected chi connectivity index (χ3v) is 4.55. The summed E-state index contributed by atoms with van der Waals surface area (Å²) >= 11 is 3.41. The summed E-state index contributed by atoms with van der Waals surface area (Å²) in [7, 11) is 0. The van der Waals surface area contributed by atoms with Gasteiger partial charge in [0.1, 0.15) is 5.82 Å². The molecule has 0 atom stereocenters. The third kappa shape index (κ3) is 3.71. The molecule has 0 bridgehead atoms. The van der Waals surface area contributed by atoms with E-state index >= 15 is 0 Å². The molecule has 5 heteroatoms. The topological polar surface area (TPSA) is 47.2 Å². The Kier molecular flexibility index (Phi) is 5.13. The first-order valence-corrected chi connectivity index (χ1v) is 9.14. The average molecular weight is 398 g/mol. The van der Waals surface area contributed by atoms with Crippen molar-refractivity contribution < 1.29 is 0 Å². The molecule has 0 unspecified atom stereocenters. The number of hydrogen-bond acceptors (Lipinski definition) is 3. The fourth-order valence-electron chi connectivity index (χ4n) is 2.62. The molecule has 0 amide bonds. The summed E-state index contributed by atoms with van der Waals surface area (Å²) in [6.07, 6.45) is 2.70. The normalized spacial score (nSPS) is 11.7. The summed E-state index contributed by atoms with van der Waals surface area (Å²) in [4.78, 5) is 17.6. The maximum Gasteiger partial charge on any atom is 0.282 e. The highest BCUT2D eigenvalue weighted by atomic mass is 79.9. The molecule has 128 valence electrons. The third-order valence-electron chi connectivity index (χ3n) is 4.06. The van der Waals surface area contributed by atoms with Crippen molar-refractivity contribution in [1.29, 1.82) is 0 Å². The van der Waals surface area contributed by atoms with E-state index in [0.717, 1.165) is 16.5 Å². The molecule has 1 heterocycles. The Morgan fingerprint density at radius 2 is 1.92 bits per heavy atom. The van der Waals surface area contributed by atoms with Gasteiger partial charge in [-0.05, 0) is 35.7 Å². The van der Waals surface area contributed by atoms with Crippen LogP contribution >= 0.6 is 15.9 Å². The van der Waals surface area contributed by atoms with Gasteiger partial charge in [-0.15, -0.1) is 0 Å².